The van der Waals surface area contributed by atoms with Crippen LogP contribution in [0.15, 0.2) is 31.1 Å². The molecular weight excluding hydrogens is 340 g/mol. The number of hydrogen-bond acceptors (Lipinski definition) is 4. The van der Waals surface area contributed by atoms with Crippen LogP contribution in [0.25, 0.3) is 11.3 Å². The highest BCUT2D eigenvalue weighted by molar-refractivity contribution is 5.94. The number of aldehydes is 1. The van der Waals surface area contributed by atoms with Gasteiger partial charge in [0.15, 0.2) is 6.29 Å². The molecule has 138 valence electrons. The molecule has 2 N–H and O–H groups in total. The zero-order valence-electron chi connectivity index (χ0n) is 15.7. The molecule has 0 saturated carbocycles. The second kappa shape index (κ2) is 7.12. The van der Waals surface area contributed by atoms with Crippen LogP contribution in [0.3, 0.4) is 0 Å². The summed E-state index contributed by atoms with van der Waals surface area (Å²) in [5, 5.41) is 3.09. The van der Waals surface area contributed by atoms with Crippen LogP contribution < -0.4 is 5.32 Å². The fourth-order valence-electron chi connectivity index (χ4n) is 3.32. The first-order valence-corrected chi connectivity index (χ1v) is 8.72. The minimum absolute atomic E-state index is 0.113. The van der Waals surface area contributed by atoms with Crippen LogP contribution in [-0.4, -0.2) is 46.2 Å². The van der Waals surface area contributed by atoms with Crippen LogP contribution in [0.1, 0.15) is 35.0 Å². The molecule has 1 aliphatic heterocycles. The maximum atomic E-state index is 11.9. The Bertz CT molecular complexity index is 980. The predicted octanol–water partition coefficient (Wildman–Crippen LogP) is 2.77. The van der Waals surface area contributed by atoms with E-state index in [2.05, 4.69) is 33.7 Å². The second-order valence-electron chi connectivity index (χ2n) is 6.67. The summed E-state index contributed by atoms with van der Waals surface area (Å²) in [4.78, 5) is 32.5. The van der Waals surface area contributed by atoms with Crippen molar-refractivity contribution in [2.75, 3.05) is 18.9 Å². The van der Waals surface area contributed by atoms with Gasteiger partial charge in [-0.05, 0) is 32.4 Å². The Morgan fingerprint density at radius 1 is 1.52 bits per heavy atom. The van der Waals surface area contributed by atoms with E-state index in [1.165, 1.54) is 6.08 Å². The van der Waals surface area contributed by atoms with Crippen LogP contribution in [0, 0.1) is 18.8 Å². The van der Waals surface area contributed by atoms with Gasteiger partial charge in [0.1, 0.15) is 5.54 Å². The number of rotatable bonds is 4. The number of amides is 1. The number of likely N-dealkylation sites (tertiary alicyclic amines) is 1. The molecule has 6 heteroatoms. The molecule has 1 amide bonds. The Labute approximate surface area is 158 Å². The molecule has 1 saturated heterocycles. The molecule has 2 aromatic rings. The van der Waals surface area contributed by atoms with Gasteiger partial charge < -0.3 is 15.2 Å². The summed E-state index contributed by atoms with van der Waals surface area (Å²) < 4.78 is 0. The summed E-state index contributed by atoms with van der Waals surface area (Å²) >= 11 is 0. The van der Waals surface area contributed by atoms with Crippen LogP contribution in [0.5, 0.6) is 0 Å². The van der Waals surface area contributed by atoms with Gasteiger partial charge >= 0.3 is 0 Å². The number of nitrogens with one attached hydrogen (secondary N) is 2. The van der Waals surface area contributed by atoms with E-state index in [-0.39, 0.29) is 5.91 Å². The van der Waals surface area contributed by atoms with Crippen molar-refractivity contribution in [3.05, 3.63) is 47.9 Å². The number of aromatic nitrogens is 2. The molecule has 27 heavy (non-hydrogen) atoms. The molecule has 0 bridgehead atoms. The number of carbonyl (C=O) groups is 2. The molecule has 1 fully saturated rings. The van der Waals surface area contributed by atoms with Gasteiger partial charge in [0, 0.05) is 37.2 Å². The Hall–Kier alpha value is -3.33. The summed E-state index contributed by atoms with van der Waals surface area (Å²) in [5.41, 5.74) is 3.97. The molecule has 1 unspecified atom stereocenters. The third kappa shape index (κ3) is 3.13. The smallest absolute Gasteiger partial charge is 0.247 e. The van der Waals surface area contributed by atoms with Crippen LogP contribution >= 0.6 is 0 Å². The lowest BCUT2D eigenvalue weighted by atomic mass is 9.86. The second-order valence-corrected chi connectivity index (χ2v) is 6.67. The van der Waals surface area contributed by atoms with Crippen LogP contribution in [0.2, 0.25) is 0 Å². The highest BCUT2D eigenvalue weighted by Gasteiger charge is 2.41. The Morgan fingerprint density at radius 2 is 2.30 bits per heavy atom. The lowest BCUT2D eigenvalue weighted by molar-refractivity contribution is -0.136. The van der Waals surface area contributed by atoms with Crippen molar-refractivity contribution in [3.63, 3.8) is 0 Å². The predicted molar refractivity (Wildman–Crippen MR) is 106 cm³/mol. The van der Waals surface area contributed by atoms with Crippen molar-refractivity contribution in [1.29, 1.82) is 0 Å². The van der Waals surface area contributed by atoms with Gasteiger partial charge in [-0.3, -0.25) is 14.6 Å². The third-order valence-corrected chi connectivity index (χ3v) is 5.02. The SMILES string of the molecule is C=CC(=O)N1CCC1(C)C#Cc1cnccc1-c1[nH]c(C)c(C=O)c1NC. The zero-order valence-corrected chi connectivity index (χ0v) is 15.7. The van der Waals surface area contributed by atoms with E-state index in [1.807, 2.05) is 19.9 Å². The maximum Gasteiger partial charge on any atom is 0.247 e. The number of H-pyrrole nitrogens is 1. The molecule has 1 atom stereocenters. The van der Waals surface area contributed by atoms with Crippen molar-refractivity contribution in [3.8, 4) is 23.1 Å². The number of aryl methyl sites for hydroxylation is 1. The topological polar surface area (TPSA) is 78.1 Å². The maximum absolute atomic E-state index is 11.9. The van der Waals surface area contributed by atoms with Crippen molar-refractivity contribution < 1.29 is 9.59 Å². The van der Waals surface area contributed by atoms with Gasteiger partial charge in [-0.2, -0.15) is 0 Å². The molecule has 0 radical (unpaired) electrons. The van der Waals surface area contributed by atoms with E-state index < -0.39 is 5.54 Å². The highest BCUT2D eigenvalue weighted by atomic mass is 16.2. The summed E-state index contributed by atoms with van der Waals surface area (Å²) in [5.74, 6) is 6.29. The Balaban J connectivity index is 2.04. The highest BCUT2D eigenvalue weighted by Crippen LogP contribution is 2.34. The molecule has 3 heterocycles. The van der Waals surface area contributed by atoms with Crippen molar-refractivity contribution >= 4 is 17.9 Å². The Kier molecular flexibility index (Phi) is 4.87. The summed E-state index contributed by atoms with van der Waals surface area (Å²) in [6.07, 6.45) is 6.35. The molecular formula is C21H22N4O2. The van der Waals surface area contributed by atoms with Crippen LogP contribution in [0.4, 0.5) is 5.69 Å². The minimum atomic E-state index is -0.510. The molecule has 0 spiro atoms. The number of hydrogen-bond donors (Lipinski definition) is 2. The first kappa shape index (κ1) is 18.5. The normalized spacial score (nSPS) is 18.1. The van der Waals surface area contributed by atoms with Gasteiger partial charge in [-0.1, -0.05) is 18.4 Å². The molecule has 0 aromatic carbocycles. The fraction of sp³-hybridized carbons (Fsp3) is 0.286. The van der Waals surface area contributed by atoms with Crippen molar-refractivity contribution in [1.82, 2.24) is 14.9 Å². The van der Waals surface area contributed by atoms with E-state index in [0.717, 1.165) is 40.9 Å². The molecule has 0 aliphatic carbocycles. The van der Waals surface area contributed by atoms with Gasteiger partial charge in [-0.15, -0.1) is 0 Å². The minimum Gasteiger partial charge on any atom is -0.386 e. The van der Waals surface area contributed by atoms with E-state index in [9.17, 15) is 9.59 Å². The number of carbonyl (C=O) groups excluding carboxylic acids is 2. The summed E-state index contributed by atoms with van der Waals surface area (Å²) in [6, 6.07) is 1.86. The van der Waals surface area contributed by atoms with Gasteiger partial charge in [-0.25, -0.2) is 0 Å². The van der Waals surface area contributed by atoms with E-state index in [4.69, 9.17) is 0 Å². The van der Waals surface area contributed by atoms with Crippen molar-refractivity contribution in [2.45, 2.75) is 25.8 Å². The first-order chi connectivity index (χ1) is 12.9. The van der Waals surface area contributed by atoms with Crippen molar-refractivity contribution in [2.24, 2.45) is 0 Å². The van der Waals surface area contributed by atoms with Gasteiger partial charge in [0.2, 0.25) is 5.91 Å². The Morgan fingerprint density at radius 3 is 2.89 bits per heavy atom. The molecule has 1 aliphatic rings. The third-order valence-electron chi connectivity index (χ3n) is 5.02. The van der Waals surface area contributed by atoms with E-state index >= 15 is 0 Å². The van der Waals surface area contributed by atoms with E-state index in [1.54, 1.807) is 24.3 Å². The standard InChI is InChI=1S/C21H22N4O2/c1-5-18(27)25-11-9-21(25,3)8-6-15-12-23-10-7-16(15)20-19(22-4)17(13-26)14(2)24-20/h5,7,10,12-13,22,24H,1,9,11H2,2-4H3. The number of aromatic amines is 1. The average Bonchev–Trinajstić information content (AvgIpc) is 3.00. The monoisotopic (exact) mass is 362 g/mol. The number of pyridine rings is 1. The van der Waals surface area contributed by atoms with Crippen LogP contribution in [-0.2, 0) is 4.79 Å². The molecule has 2 aromatic heterocycles. The molecule has 3 rings (SSSR count). The molecule has 6 nitrogen and oxygen atoms in total. The lowest BCUT2D eigenvalue weighted by Gasteiger charge is -2.46. The van der Waals surface area contributed by atoms with Gasteiger partial charge in [0.25, 0.3) is 0 Å². The quantitative estimate of drug-likeness (QED) is 0.498. The number of anilines is 1. The average molecular weight is 362 g/mol. The largest absolute Gasteiger partial charge is 0.386 e. The lowest BCUT2D eigenvalue weighted by Crippen LogP contribution is -2.59. The summed E-state index contributed by atoms with van der Waals surface area (Å²) in [7, 11) is 1.78. The van der Waals surface area contributed by atoms with E-state index in [0.29, 0.717) is 12.1 Å². The number of nitrogens with zero attached hydrogens (tertiary/aromatic N) is 2. The zero-order chi connectivity index (χ0) is 19.6. The summed E-state index contributed by atoms with van der Waals surface area (Å²) in [6.45, 7) is 8.03. The fourth-order valence-corrected chi connectivity index (χ4v) is 3.32. The van der Waals surface area contributed by atoms with Gasteiger partial charge in [0.05, 0.1) is 22.5 Å². The first-order valence-electron chi connectivity index (χ1n) is 8.72.